The Morgan fingerprint density at radius 1 is 1.06 bits per heavy atom. The van der Waals surface area contributed by atoms with E-state index in [1.54, 1.807) is 25.3 Å². The van der Waals surface area contributed by atoms with Crippen molar-refractivity contribution in [2.75, 3.05) is 19.5 Å². The predicted octanol–water partition coefficient (Wildman–Crippen LogP) is 4.50. The average Bonchev–Trinajstić information content (AvgIpc) is 2.82. The minimum absolute atomic E-state index is 0.0882. The van der Waals surface area contributed by atoms with Crippen molar-refractivity contribution in [2.24, 2.45) is 5.92 Å². The first-order valence-electron chi connectivity index (χ1n) is 11.6. The second-order valence-corrected chi connectivity index (χ2v) is 10.9. The van der Waals surface area contributed by atoms with E-state index in [0.29, 0.717) is 29.2 Å². The second-order valence-electron chi connectivity index (χ2n) is 9.06. The number of hydrogen-bond donors (Lipinski definition) is 1. The summed E-state index contributed by atoms with van der Waals surface area (Å²) < 4.78 is 55.3. The van der Waals surface area contributed by atoms with E-state index in [9.17, 15) is 13.2 Å². The number of methoxy groups -OCH3 is 2. The standard InChI is InChI=1S/C25H31FN2O5S/c1-16-6-4-5-7-21(16)28(15-17-8-10-22(32-2)23(12-17)33-3)34(30,31)24-13-18-9-11-25(29)27-20(18)14-19(24)26/h8,10,12-14,16,21H,4-7,9,11,15H2,1-3H3,(H,27,29). The first-order chi connectivity index (χ1) is 16.2. The van der Waals surface area contributed by atoms with E-state index >= 15 is 4.39 Å². The van der Waals surface area contributed by atoms with E-state index in [2.05, 4.69) is 12.2 Å². The highest BCUT2D eigenvalue weighted by Gasteiger charge is 2.38. The highest BCUT2D eigenvalue weighted by molar-refractivity contribution is 7.89. The number of benzene rings is 2. The number of carbonyl (C=O) groups excluding carboxylic acids is 1. The maximum Gasteiger partial charge on any atom is 0.246 e. The molecular weight excluding hydrogens is 459 g/mol. The summed E-state index contributed by atoms with van der Waals surface area (Å²) in [4.78, 5) is 11.3. The number of hydrogen-bond acceptors (Lipinski definition) is 5. The van der Waals surface area contributed by atoms with Gasteiger partial charge in [0.2, 0.25) is 15.9 Å². The molecule has 1 fully saturated rings. The molecule has 2 unspecified atom stereocenters. The Balaban J connectivity index is 1.76. The number of halogens is 1. The van der Waals surface area contributed by atoms with Crippen molar-refractivity contribution in [3.8, 4) is 11.5 Å². The molecule has 0 aromatic heterocycles. The highest BCUT2D eigenvalue weighted by atomic mass is 32.2. The molecule has 0 saturated heterocycles. The van der Waals surface area contributed by atoms with E-state index < -0.39 is 15.8 Å². The number of aryl methyl sites for hydroxylation is 1. The summed E-state index contributed by atoms with van der Waals surface area (Å²) in [7, 11) is -1.10. The zero-order valence-electron chi connectivity index (χ0n) is 19.8. The Labute approximate surface area is 200 Å². The number of sulfonamides is 1. The third kappa shape index (κ3) is 4.77. The lowest BCUT2D eigenvalue weighted by molar-refractivity contribution is -0.116. The van der Waals surface area contributed by atoms with Gasteiger partial charge in [-0.2, -0.15) is 4.31 Å². The van der Waals surface area contributed by atoms with Gasteiger partial charge in [-0.1, -0.05) is 25.8 Å². The average molecular weight is 491 g/mol. The fourth-order valence-electron chi connectivity index (χ4n) is 4.97. The minimum atomic E-state index is -4.17. The van der Waals surface area contributed by atoms with Gasteiger partial charge in [0.25, 0.3) is 0 Å². The number of fused-ring (bicyclic) bond motifs is 1. The fourth-order valence-corrected chi connectivity index (χ4v) is 6.81. The van der Waals surface area contributed by atoms with Crippen LogP contribution in [0.15, 0.2) is 35.2 Å². The van der Waals surface area contributed by atoms with Gasteiger partial charge in [-0.15, -0.1) is 0 Å². The lowest BCUT2D eigenvalue weighted by Crippen LogP contribution is -2.45. The van der Waals surface area contributed by atoms with E-state index in [4.69, 9.17) is 9.47 Å². The van der Waals surface area contributed by atoms with Gasteiger partial charge in [-0.05, 0) is 60.6 Å². The summed E-state index contributed by atoms with van der Waals surface area (Å²) in [6, 6.07) is 7.56. The van der Waals surface area contributed by atoms with Crippen molar-refractivity contribution in [3.63, 3.8) is 0 Å². The van der Waals surface area contributed by atoms with Crippen LogP contribution in [0.3, 0.4) is 0 Å². The van der Waals surface area contributed by atoms with Crippen molar-refractivity contribution >= 4 is 21.6 Å². The summed E-state index contributed by atoms with van der Waals surface area (Å²) in [6.45, 7) is 2.14. The zero-order chi connectivity index (χ0) is 24.5. The smallest absolute Gasteiger partial charge is 0.246 e. The number of anilines is 1. The van der Waals surface area contributed by atoms with Gasteiger partial charge in [0.05, 0.1) is 14.2 Å². The fraction of sp³-hybridized carbons (Fsp3) is 0.480. The van der Waals surface area contributed by atoms with Crippen LogP contribution in [0, 0.1) is 11.7 Å². The van der Waals surface area contributed by atoms with Gasteiger partial charge in [0, 0.05) is 24.7 Å². The molecule has 2 aromatic carbocycles. The van der Waals surface area contributed by atoms with Crippen LogP contribution in [0.2, 0.25) is 0 Å². The van der Waals surface area contributed by atoms with Crippen LogP contribution in [-0.2, 0) is 27.8 Å². The van der Waals surface area contributed by atoms with Crippen LogP contribution in [0.1, 0.15) is 50.2 Å². The van der Waals surface area contributed by atoms with Crippen LogP contribution < -0.4 is 14.8 Å². The van der Waals surface area contributed by atoms with Gasteiger partial charge < -0.3 is 14.8 Å². The maximum atomic E-state index is 15.2. The van der Waals surface area contributed by atoms with Gasteiger partial charge in [0.15, 0.2) is 11.5 Å². The summed E-state index contributed by atoms with van der Waals surface area (Å²) in [6.07, 6.45) is 4.23. The number of ether oxygens (including phenoxy) is 2. The van der Waals surface area contributed by atoms with Gasteiger partial charge in [-0.3, -0.25) is 4.79 Å². The Hall–Kier alpha value is -2.65. The van der Waals surface area contributed by atoms with Crippen LogP contribution in [0.5, 0.6) is 11.5 Å². The van der Waals surface area contributed by atoms with Crippen LogP contribution in [0.25, 0.3) is 0 Å². The normalized spacial score (nSPS) is 20.6. The predicted molar refractivity (Wildman–Crippen MR) is 127 cm³/mol. The molecule has 0 bridgehead atoms. The van der Waals surface area contributed by atoms with Crippen LogP contribution in [-0.4, -0.2) is 38.9 Å². The molecule has 1 N–H and O–H groups in total. The Kier molecular flexibility index (Phi) is 7.14. The lowest BCUT2D eigenvalue weighted by Gasteiger charge is -2.38. The van der Waals surface area contributed by atoms with Crippen molar-refractivity contribution in [1.29, 1.82) is 0 Å². The molecule has 1 aliphatic heterocycles. The van der Waals surface area contributed by atoms with E-state index in [1.807, 2.05) is 0 Å². The maximum absolute atomic E-state index is 15.2. The summed E-state index contributed by atoms with van der Waals surface area (Å²) in [5.41, 5.74) is 1.69. The largest absolute Gasteiger partial charge is 0.493 e. The van der Waals surface area contributed by atoms with Crippen LogP contribution >= 0.6 is 0 Å². The Morgan fingerprint density at radius 3 is 2.50 bits per heavy atom. The van der Waals surface area contributed by atoms with E-state index in [-0.39, 0.29) is 35.7 Å². The molecule has 7 nitrogen and oxygen atoms in total. The van der Waals surface area contributed by atoms with Gasteiger partial charge >= 0.3 is 0 Å². The molecule has 0 radical (unpaired) electrons. The van der Waals surface area contributed by atoms with E-state index in [1.165, 1.54) is 17.5 Å². The molecule has 1 heterocycles. The molecule has 1 amide bonds. The SMILES string of the molecule is COc1ccc(CN(C2CCCCC2C)S(=O)(=O)c2cc3c(cc2F)NC(=O)CC3)cc1OC. The first kappa shape index (κ1) is 24.5. The molecule has 2 atom stereocenters. The van der Waals surface area contributed by atoms with Gasteiger partial charge in [-0.25, -0.2) is 12.8 Å². The van der Waals surface area contributed by atoms with Crippen molar-refractivity contribution in [2.45, 2.75) is 62.9 Å². The molecular formula is C25H31FN2O5S. The van der Waals surface area contributed by atoms with Crippen molar-refractivity contribution in [3.05, 3.63) is 47.3 Å². The van der Waals surface area contributed by atoms with Crippen LogP contribution in [0.4, 0.5) is 10.1 Å². The molecule has 184 valence electrons. The van der Waals surface area contributed by atoms with Crippen molar-refractivity contribution in [1.82, 2.24) is 4.31 Å². The summed E-state index contributed by atoms with van der Waals surface area (Å²) >= 11 is 0. The number of nitrogens with one attached hydrogen (secondary N) is 1. The third-order valence-electron chi connectivity index (χ3n) is 6.86. The number of amides is 1. The third-order valence-corrected chi connectivity index (χ3v) is 8.75. The zero-order valence-corrected chi connectivity index (χ0v) is 20.6. The quantitative estimate of drug-likeness (QED) is 0.618. The highest BCUT2D eigenvalue weighted by Crippen LogP contribution is 2.37. The number of carbonyl (C=O) groups is 1. The summed E-state index contributed by atoms with van der Waals surface area (Å²) in [5.74, 6) is 0.137. The minimum Gasteiger partial charge on any atom is -0.493 e. The molecule has 4 rings (SSSR count). The topological polar surface area (TPSA) is 84.9 Å². The van der Waals surface area contributed by atoms with Crippen molar-refractivity contribution < 1.29 is 27.1 Å². The molecule has 1 saturated carbocycles. The number of nitrogens with zero attached hydrogens (tertiary/aromatic N) is 1. The monoisotopic (exact) mass is 490 g/mol. The lowest BCUT2D eigenvalue weighted by atomic mass is 9.86. The molecule has 34 heavy (non-hydrogen) atoms. The first-order valence-corrected chi connectivity index (χ1v) is 13.0. The molecule has 2 aromatic rings. The van der Waals surface area contributed by atoms with Gasteiger partial charge in [0.1, 0.15) is 10.7 Å². The van der Waals surface area contributed by atoms with E-state index in [0.717, 1.165) is 37.3 Å². The molecule has 2 aliphatic rings. The number of rotatable bonds is 7. The molecule has 0 spiro atoms. The Bertz CT molecular complexity index is 1180. The molecule has 1 aliphatic carbocycles. The Morgan fingerprint density at radius 2 is 1.79 bits per heavy atom. The molecule has 9 heteroatoms. The summed E-state index contributed by atoms with van der Waals surface area (Å²) in [5, 5.41) is 2.63. The second kappa shape index (κ2) is 9.92.